The van der Waals surface area contributed by atoms with Crippen molar-refractivity contribution >= 4 is 11.7 Å². The SMILES string of the molecule is CC(CNC(=O)NCCc1cn2ccccc2n1)N1CCCC1. The third kappa shape index (κ3) is 4.22. The van der Waals surface area contributed by atoms with Crippen molar-refractivity contribution in [3.05, 3.63) is 36.3 Å². The van der Waals surface area contributed by atoms with Gasteiger partial charge in [-0.1, -0.05) is 6.07 Å². The zero-order valence-corrected chi connectivity index (χ0v) is 13.7. The smallest absolute Gasteiger partial charge is 0.314 e. The van der Waals surface area contributed by atoms with E-state index in [-0.39, 0.29) is 6.03 Å². The summed E-state index contributed by atoms with van der Waals surface area (Å²) in [5.41, 5.74) is 1.92. The molecule has 2 N–H and O–H groups in total. The zero-order chi connectivity index (χ0) is 16.1. The van der Waals surface area contributed by atoms with Gasteiger partial charge in [0.05, 0.1) is 5.69 Å². The number of nitrogens with one attached hydrogen (secondary N) is 2. The van der Waals surface area contributed by atoms with Crippen molar-refractivity contribution < 1.29 is 4.79 Å². The van der Waals surface area contributed by atoms with Crippen LogP contribution in [-0.4, -0.2) is 52.5 Å². The molecule has 3 heterocycles. The van der Waals surface area contributed by atoms with Crippen molar-refractivity contribution in [2.45, 2.75) is 32.2 Å². The monoisotopic (exact) mass is 315 g/mol. The van der Waals surface area contributed by atoms with Crippen LogP contribution in [0.5, 0.6) is 0 Å². The molecule has 1 fully saturated rings. The Morgan fingerprint density at radius 1 is 1.30 bits per heavy atom. The molecule has 0 radical (unpaired) electrons. The highest BCUT2D eigenvalue weighted by atomic mass is 16.2. The van der Waals surface area contributed by atoms with Crippen LogP contribution in [0, 0.1) is 0 Å². The fraction of sp³-hybridized carbons (Fsp3) is 0.529. The maximum atomic E-state index is 11.9. The molecular formula is C17H25N5O. The molecule has 3 rings (SSSR count). The molecule has 6 nitrogen and oxygen atoms in total. The molecule has 6 heteroatoms. The molecule has 124 valence electrons. The Kier molecular flexibility index (Phi) is 5.12. The molecule has 1 saturated heterocycles. The highest BCUT2D eigenvalue weighted by Gasteiger charge is 2.18. The largest absolute Gasteiger partial charge is 0.338 e. The van der Waals surface area contributed by atoms with Gasteiger partial charge in [0, 0.05) is 37.9 Å². The molecule has 1 atom stereocenters. The van der Waals surface area contributed by atoms with Crippen LogP contribution in [0.4, 0.5) is 4.79 Å². The molecule has 1 unspecified atom stereocenters. The van der Waals surface area contributed by atoms with E-state index in [0.717, 1.165) is 30.9 Å². The van der Waals surface area contributed by atoms with Crippen molar-refractivity contribution in [2.24, 2.45) is 0 Å². The fourth-order valence-corrected chi connectivity index (χ4v) is 3.03. The number of nitrogens with zero attached hydrogens (tertiary/aromatic N) is 3. The number of aromatic nitrogens is 2. The van der Waals surface area contributed by atoms with E-state index in [9.17, 15) is 4.79 Å². The lowest BCUT2D eigenvalue weighted by Gasteiger charge is -2.23. The number of amides is 2. The quantitative estimate of drug-likeness (QED) is 0.852. The summed E-state index contributed by atoms with van der Waals surface area (Å²) < 4.78 is 1.99. The summed E-state index contributed by atoms with van der Waals surface area (Å²) in [7, 11) is 0. The number of hydrogen-bond donors (Lipinski definition) is 2. The van der Waals surface area contributed by atoms with Crippen molar-refractivity contribution in [1.82, 2.24) is 24.9 Å². The van der Waals surface area contributed by atoms with Gasteiger partial charge >= 0.3 is 6.03 Å². The van der Waals surface area contributed by atoms with Crippen LogP contribution >= 0.6 is 0 Å². The fourth-order valence-electron chi connectivity index (χ4n) is 3.03. The lowest BCUT2D eigenvalue weighted by Crippen LogP contribution is -2.44. The maximum Gasteiger partial charge on any atom is 0.314 e. The molecule has 0 spiro atoms. The van der Waals surface area contributed by atoms with Gasteiger partial charge in [0.15, 0.2) is 0 Å². The minimum absolute atomic E-state index is 0.0974. The van der Waals surface area contributed by atoms with E-state index in [1.807, 2.05) is 35.0 Å². The van der Waals surface area contributed by atoms with E-state index >= 15 is 0 Å². The first-order valence-corrected chi connectivity index (χ1v) is 8.41. The first kappa shape index (κ1) is 15.8. The number of pyridine rings is 1. The maximum absolute atomic E-state index is 11.9. The summed E-state index contributed by atoms with van der Waals surface area (Å²) in [5, 5.41) is 5.86. The van der Waals surface area contributed by atoms with E-state index in [4.69, 9.17) is 0 Å². The second-order valence-electron chi connectivity index (χ2n) is 6.18. The Bertz CT molecular complexity index is 614. The van der Waals surface area contributed by atoms with Crippen molar-refractivity contribution in [3.63, 3.8) is 0 Å². The van der Waals surface area contributed by atoms with Gasteiger partial charge in [0.2, 0.25) is 0 Å². The summed E-state index contributed by atoms with van der Waals surface area (Å²) in [5.74, 6) is 0. The molecule has 1 aliphatic heterocycles. The Labute approximate surface area is 136 Å². The second-order valence-corrected chi connectivity index (χ2v) is 6.18. The Hall–Kier alpha value is -2.08. The molecule has 0 aliphatic carbocycles. The normalized spacial score (nSPS) is 16.6. The molecule has 0 saturated carbocycles. The topological polar surface area (TPSA) is 61.7 Å². The van der Waals surface area contributed by atoms with Gasteiger partial charge in [0.1, 0.15) is 5.65 Å². The van der Waals surface area contributed by atoms with Gasteiger partial charge in [-0.05, 0) is 45.0 Å². The van der Waals surface area contributed by atoms with E-state index in [2.05, 4.69) is 27.4 Å². The van der Waals surface area contributed by atoms with Crippen molar-refractivity contribution in [1.29, 1.82) is 0 Å². The number of urea groups is 1. The van der Waals surface area contributed by atoms with Gasteiger partial charge in [-0.2, -0.15) is 0 Å². The van der Waals surface area contributed by atoms with Crippen LogP contribution in [0.15, 0.2) is 30.6 Å². The van der Waals surface area contributed by atoms with E-state index in [0.29, 0.717) is 19.1 Å². The molecule has 0 bridgehead atoms. The number of carbonyl (C=O) groups is 1. The molecule has 2 aromatic heterocycles. The molecule has 2 amide bonds. The molecule has 2 aromatic rings. The Balaban J connectivity index is 1.37. The summed E-state index contributed by atoms with van der Waals surface area (Å²) in [4.78, 5) is 18.8. The second kappa shape index (κ2) is 7.46. The predicted octanol–water partition coefficient (Wildman–Crippen LogP) is 1.66. The van der Waals surface area contributed by atoms with Gasteiger partial charge in [0.25, 0.3) is 0 Å². The standard InChI is InChI=1S/C17H25N5O/c1-14(21-9-4-5-10-21)12-19-17(23)18-8-7-15-13-22-11-3-2-6-16(22)20-15/h2-3,6,11,13-14H,4-5,7-10,12H2,1H3,(H2,18,19,23). The predicted molar refractivity (Wildman–Crippen MR) is 90.6 cm³/mol. The van der Waals surface area contributed by atoms with Crippen molar-refractivity contribution in [2.75, 3.05) is 26.2 Å². The molecular weight excluding hydrogens is 290 g/mol. The summed E-state index contributed by atoms with van der Waals surface area (Å²) in [6, 6.07) is 6.23. The molecule has 0 aromatic carbocycles. The first-order valence-electron chi connectivity index (χ1n) is 8.41. The molecule has 23 heavy (non-hydrogen) atoms. The lowest BCUT2D eigenvalue weighted by atomic mass is 10.3. The van der Waals surface area contributed by atoms with E-state index < -0.39 is 0 Å². The van der Waals surface area contributed by atoms with E-state index in [1.165, 1.54) is 12.8 Å². The van der Waals surface area contributed by atoms with Crippen LogP contribution in [0.2, 0.25) is 0 Å². The number of imidazole rings is 1. The Morgan fingerprint density at radius 2 is 2.13 bits per heavy atom. The minimum atomic E-state index is -0.0974. The number of likely N-dealkylation sites (tertiary alicyclic amines) is 1. The first-order chi connectivity index (χ1) is 11.2. The van der Waals surface area contributed by atoms with E-state index in [1.54, 1.807) is 0 Å². The average molecular weight is 315 g/mol. The third-order valence-corrected chi connectivity index (χ3v) is 4.40. The third-order valence-electron chi connectivity index (χ3n) is 4.40. The summed E-state index contributed by atoms with van der Waals surface area (Å²) >= 11 is 0. The number of hydrogen-bond acceptors (Lipinski definition) is 3. The highest BCUT2D eigenvalue weighted by Crippen LogP contribution is 2.10. The van der Waals surface area contributed by atoms with Crippen LogP contribution in [-0.2, 0) is 6.42 Å². The average Bonchev–Trinajstić information content (AvgIpc) is 3.21. The molecule has 1 aliphatic rings. The van der Waals surface area contributed by atoms with Crippen LogP contribution in [0.3, 0.4) is 0 Å². The number of rotatable bonds is 6. The Morgan fingerprint density at radius 3 is 2.91 bits per heavy atom. The number of fused-ring (bicyclic) bond motifs is 1. The van der Waals surface area contributed by atoms with Gasteiger partial charge in [-0.25, -0.2) is 9.78 Å². The number of carbonyl (C=O) groups excluding carboxylic acids is 1. The minimum Gasteiger partial charge on any atom is -0.338 e. The highest BCUT2D eigenvalue weighted by molar-refractivity contribution is 5.73. The summed E-state index contributed by atoms with van der Waals surface area (Å²) in [6.45, 7) is 5.76. The summed E-state index contributed by atoms with van der Waals surface area (Å²) in [6.07, 6.45) is 7.26. The van der Waals surface area contributed by atoms with Crippen molar-refractivity contribution in [3.8, 4) is 0 Å². The van der Waals surface area contributed by atoms with Crippen LogP contribution in [0.1, 0.15) is 25.5 Å². The van der Waals surface area contributed by atoms with Gasteiger partial charge in [-0.15, -0.1) is 0 Å². The van der Waals surface area contributed by atoms with Gasteiger partial charge < -0.3 is 15.0 Å². The van der Waals surface area contributed by atoms with Gasteiger partial charge in [-0.3, -0.25) is 4.90 Å². The zero-order valence-electron chi connectivity index (χ0n) is 13.7. The van der Waals surface area contributed by atoms with Crippen LogP contribution in [0.25, 0.3) is 5.65 Å². The van der Waals surface area contributed by atoms with Crippen LogP contribution < -0.4 is 10.6 Å². The lowest BCUT2D eigenvalue weighted by molar-refractivity contribution is 0.226.